The van der Waals surface area contributed by atoms with Crippen molar-refractivity contribution in [3.05, 3.63) is 41.1 Å². The Labute approximate surface area is 132 Å². The lowest BCUT2D eigenvalue weighted by Crippen LogP contribution is -2.27. The fraction of sp³-hybridized carbons (Fsp3) is 0.250. The van der Waals surface area contributed by atoms with Crippen LogP contribution in [-0.4, -0.2) is 17.0 Å². The Morgan fingerprint density at radius 2 is 1.86 bits per heavy atom. The van der Waals surface area contributed by atoms with E-state index < -0.39 is 11.4 Å². The second-order valence-electron chi connectivity index (χ2n) is 5.87. The Morgan fingerprint density at radius 3 is 2.41 bits per heavy atom. The monoisotopic (exact) mass is 321 g/mol. The number of carbonyl (C=O) groups excluding carboxylic acids is 1. The van der Waals surface area contributed by atoms with E-state index in [0.29, 0.717) is 22.0 Å². The first-order valence-corrected chi connectivity index (χ1v) is 7.01. The molecule has 1 aromatic carbocycles. The highest BCUT2D eigenvalue weighted by molar-refractivity contribution is 6.33. The minimum absolute atomic E-state index is 0.148. The average molecular weight is 322 g/mol. The minimum atomic E-state index is -1.14. The zero-order valence-corrected chi connectivity index (χ0v) is 13.2. The van der Waals surface area contributed by atoms with E-state index in [1.807, 2.05) is 0 Å². The van der Waals surface area contributed by atoms with Crippen LogP contribution in [-0.2, 0) is 4.79 Å². The predicted molar refractivity (Wildman–Crippen MR) is 84.2 cm³/mol. The second-order valence-corrected chi connectivity index (χ2v) is 6.27. The Kier molecular flexibility index (Phi) is 4.28. The van der Waals surface area contributed by atoms with Crippen molar-refractivity contribution < 1.29 is 19.1 Å². The summed E-state index contributed by atoms with van der Waals surface area (Å²) in [5.74, 6) is -1.07. The summed E-state index contributed by atoms with van der Waals surface area (Å²) < 4.78 is 5.24. The molecule has 0 aliphatic rings. The number of hydrogen-bond donors (Lipinski definition) is 2. The van der Waals surface area contributed by atoms with E-state index in [0.717, 1.165) is 0 Å². The fourth-order valence-electron chi connectivity index (χ4n) is 1.69. The number of furan rings is 1. The molecule has 2 rings (SSSR count). The smallest absolute Gasteiger partial charge is 0.371 e. The number of anilines is 1. The Hall–Kier alpha value is -2.27. The number of carboxylic acids is 1. The van der Waals surface area contributed by atoms with Crippen molar-refractivity contribution in [1.82, 2.24) is 0 Å². The molecule has 2 N–H and O–H groups in total. The van der Waals surface area contributed by atoms with Gasteiger partial charge >= 0.3 is 5.97 Å². The lowest BCUT2D eigenvalue weighted by molar-refractivity contribution is -0.123. The molecule has 0 saturated carbocycles. The molecule has 1 aromatic heterocycles. The molecule has 6 heteroatoms. The highest BCUT2D eigenvalue weighted by Gasteiger charge is 2.22. The molecule has 5 nitrogen and oxygen atoms in total. The maximum absolute atomic E-state index is 12.1. The van der Waals surface area contributed by atoms with Gasteiger partial charge in [-0.15, -0.1) is 0 Å². The van der Waals surface area contributed by atoms with Crippen molar-refractivity contribution in [3.63, 3.8) is 0 Å². The van der Waals surface area contributed by atoms with E-state index in [2.05, 4.69) is 5.32 Å². The Morgan fingerprint density at radius 1 is 1.18 bits per heavy atom. The van der Waals surface area contributed by atoms with E-state index in [4.69, 9.17) is 21.1 Å². The summed E-state index contributed by atoms with van der Waals surface area (Å²) in [6.07, 6.45) is 0. The van der Waals surface area contributed by atoms with Crippen LogP contribution in [0.15, 0.2) is 34.7 Å². The summed E-state index contributed by atoms with van der Waals surface area (Å²) in [4.78, 5) is 22.9. The van der Waals surface area contributed by atoms with E-state index in [-0.39, 0.29) is 11.7 Å². The lowest BCUT2D eigenvalue weighted by atomic mass is 9.95. The SMILES string of the molecule is CC(C)(C)C(=O)Nc1cc(-c2ccc(C(=O)O)o2)ccc1Cl. The van der Waals surface area contributed by atoms with E-state index in [9.17, 15) is 9.59 Å². The molecule has 0 radical (unpaired) electrons. The van der Waals surface area contributed by atoms with Crippen LogP contribution in [0.5, 0.6) is 0 Å². The minimum Gasteiger partial charge on any atom is -0.475 e. The number of carboxylic acid groups (broad SMARTS) is 1. The van der Waals surface area contributed by atoms with Gasteiger partial charge in [-0.2, -0.15) is 0 Å². The van der Waals surface area contributed by atoms with Gasteiger partial charge in [0.25, 0.3) is 0 Å². The van der Waals surface area contributed by atoms with E-state index in [1.54, 1.807) is 45.0 Å². The zero-order chi connectivity index (χ0) is 16.5. The standard InChI is InChI=1S/C16H16ClNO4/c1-16(2,3)15(21)18-11-8-9(4-5-10(11)17)12-6-7-13(22-12)14(19)20/h4-8H,1-3H3,(H,18,21)(H,19,20). The molecule has 1 amide bonds. The summed E-state index contributed by atoms with van der Waals surface area (Å²) in [6.45, 7) is 5.39. The largest absolute Gasteiger partial charge is 0.475 e. The molecule has 1 heterocycles. The molecule has 22 heavy (non-hydrogen) atoms. The summed E-state index contributed by atoms with van der Waals surface area (Å²) in [5.41, 5.74) is 0.522. The van der Waals surface area contributed by atoms with Gasteiger partial charge in [0.15, 0.2) is 0 Å². The van der Waals surface area contributed by atoms with Gasteiger partial charge in [-0.05, 0) is 30.3 Å². The molecule has 0 unspecified atom stereocenters. The number of halogens is 1. The van der Waals surface area contributed by atoms with E-state index >= 15 is 0 Å². The summed E-state index contributed by atoms with van der Waals surface area (Å²) in [7, 11) is 0. The van der Waals surface area contributed by atoms with Crippen LogP contribution in [0.1, 0.15) is 31.3 Å². The van der Waals surface area contributed by atoms with Crippen molar-refractivity contribution in [2.75, 3.05) is 5.32 Å². The maximum atomic E-state index is 12.1. The lowest BCUT2D eigenvalue weighted by Gasteiger charge is -2.18. The Balaban J connectivity index is 2.33. The van der Waals surface area contributed by atoms with Crippen molar-refractivity contribution >= 4 is 29.2 Å². The number of amides is 1. The van der Waals surface area contributed by atoms with Crippen molar-refractivity contribution in [2.45, 2.75) is 20.8 Å². The number of hydrogen-bond acceptors (Lipinski definition) is 3. The molecule has 0 bridgehead atoms. The van der Waals surface area contributed by atoms with Crippen molar-refractivity contribution in [1.29, 1.82) is 0 Å². The molecule has 2 aromatic rings. The van der Waals surface area contributed by atoms with E-state index in [1.165, 1.54) is 6.07 Å². The molecule has 0 aliphatic heterocycles. The van der Waals surface area contributed by atoms with Crippen LogP contribution in [0.4, 0.5) is 5.69 Å². The summed E-state index contributed by atoms with van der Waals surface area (Å²) in [6, 6.07) is 7.90. The maximum Gasteiger partial charge on any atom is 0.371 e. The summed E-state index contributed by atoms with van der Waals surface area (Å²) in [5, 5.41) is 12.0. The third kappa shape index (κ3) is 3.49. The van der Waals surface area contributed by atoms with Crippen LogP contribution in [0.25, 0.3) is 11.3 Å². The van der Waals surface area contributed by atoms with Crippen LogP contribution in [0, 0.1) is 5.41 Å². The highest BCUT2D eigenvalue weighted by atomic mass is 35.5. The van der Waals surface area contributed by atoms with Gasteiger partial charge in [-0.25, -0.2) is 4.79 Å². The van der Waals surface area contributed by atoms with Gasteiger partial charge in [0.05, 0.1) is 10.7 Å². The van der Waals surface area contributed by atoms with Gasteiger partial charge in [-0.1, -0.05) is 32.4 Å². The van der Waals surface area contributed by atoms with Gasteiger partial charge in [-0.3, -0.25) is 4.79 Å². The number of rotatable bonds is 3. The first-order valence-electron chi connectivity index (χ1n) is 6.63. The first kappa shape index (κ1) is 16.1. The topological polar surface area (TPSA) is 79.5 Å². The number of aromatic carboxylic acids is 1. The predicted octanol–water partition coefficient (Wildman–Crippen LogP) is 4.28. The average Bonchev–Trinajstić information content (AvgIpc) is 2.90. The molecular weight excluding hydrogens is 306 g/mol. The molecule has 0 saturated heterocycles. The van der Waals surface area contributed by atoms with Crippen LogP contribution in [0.2, 0.25) is 5.02 Å². The van der Waals surface area contributed by atoms with Gasteiger partial charge in [0.1, 0.15) is 5.76 Å². The van der Waals surface area contributed by atoms with Crippen molar-refractivity contribution in [2.24, 2.45) is 5.41 Å². The quantitative estimate of drug-likeness (QED) is 0.884. The molecule has 116 valence electrons. The van der Waals surface area contributed by atoms with Gasteiger partial charge in [0, 0.05) is 11.0 Å². The molecule has 0 fully saturated rings. The number of nitrogens with one attached hydrogen (secondary N) is 1. The van der Waals surface area contributed by atoms with Crippen LogP contribution >= 0.6 is 11.6 Å². The van der Waals surface area contributed by atoms with Gasteiger partial charge in [0.2, 0.25) is 11.7 Å². The highest BCUT2D eigenvalue weighted by Crippen LogP contribution is 2.31. The van der Waals surface area contributed by atoms with Crippen LogP contribution < -0.4 is 5.32 Å². The Bertz CT molecular complexity index is 728. The van der Waals surface area contributed by atoms with Crippen LogP contribution in [0.3, 0.4) is 0 Å². The summed E-state index contributed by atoms with van der Waals surface area (Å²) >= 11 is 6.09. The normalized spacial score (nSPS) is 11.3. The third-order valence-corrected chi connectivity index (χ3v) is 3.33. The van der Waals surface area contributed by atoms with Gasteiger partial charge < -0.3 is 14.8 Å². The molecule has 0 atom stereocenters. The number of carbonyl (C=O) groups is 2. The second kappa shape index (κ2) is 5.85. The molecule has 0 aliphatic carbocycles. The zero-order valence-electron chi connectivity index (χ0n) is 12.4. The number of benzene rings is 1. The fourth-order valence-corrected chi connectivity index (χ4v) is 1.86. The molecular formula is C16H16ClNO4. The first-order chi connectivity index (χ1) is 10.2. The van der Waals surface area contributed by atoms with Crippen molar-refractivity contribution in [3.8, 4) is 11.3 Å². The third-order valence-electron chi connectivity index (χ3n) is 3.00. The molecule has 0 spiro atoms.